The fraction of sp³-hybridized carbons (Fsp3) is 0.359. The van der Waals surface area contributed by atoms with Crippen LogP contribution >= 0.6 is 23.2 Å². The number of aliphatic hydroxyl groups is 10. The molecule has 121 heavy (non-hydrogen) atoms. The molecule has 0 unspecified atom stereocenters. The highest BCUT2D eigenvalue weighted by Gasteiger charge is 2.52. The number of amides is 7. The molecule has 9 aliphatic rings. The molecule has 17 bridgehead atoms. The summed E-state index contributed by atoms with van der Waals surface area (Å²) in [7, 11) is 0. The Labute approximate surface area is 691 Å². The molecule has 26 N–H and O–H groups in total. The van der Waals surface area contributed by atoms with Crippen LogP contribution in [0.5, 0.6) is 69.0 Å². The number of carboxylic acid groups (broad SMARTS) is 1. The van der Waals surface area contributed by atoms with E-state index in [-0.39, 0.29) is 44.5 Å². The number of benzene rings is 7. The molecular formula is C78H79Cl2N9O32. The van der Waals surface area contributed by atoms with Crippen LogP contribution in [-0.4, -0.2) is 248 Å². The molecule has 7 amide bonds. The van der Waals surface area contributed by atoms with Crippen LogP contribution in [0, 0.1) is 0 Å². The maximum absolute atomic E-state index is 16.8. The summed E-state index contributed by atoms with van der Waals surface area (Å²) in [4.78, 5) is 123. The van der Waals surface area contributed by atoms with Gasteiger partial charge in [0.05, 0.1) is 35.9 Å². The normalized spacial score (nSPS) is 30.5. The molecule has 0 spiro atoms. The highest BCUT2D eigenvalue weighted by molar-refractivity contribution is 6.32. The molecule has 9 aliphatic heterocycles. The summed E-state index contributed by atoms with van der Waals surface area (Å²) in [6.45, 7) is -2.10. The first-order chi connectivity index (χ1) is 57.6. The number of nitrogens with two attached hydrogens (primary N) is 2. The molecule has 642 valence electrons. The van der Waals surface area contributed by atoms with Crippen molar-refractivity contribution >= 4 is 70.5 Å². The second-order valence-electron chi connectivity index (χ2n) is 29.3. The Balaban J connectivity index is 1.04. The van der Waals surface area contributed by atoms with E-state index in [1.807, 2.05) is 0 Å². The van der Waals surface area contributed by atoms with Crippen LogP contribution in [0.1, 0.15) is 82.2 Å². The van der Waals surface area contributed by atoms with E-state index in [0.717, 1.165) is 91.9 Å². The number of carbonyl (C=O) groups excluding carboxylic acids is 7. The molecule has 0 aromatic heterocycles. The fourth-order valence-corrected chi connectivity index (χ4v) is 15.4. The highest BCUT2D eigenvalue weighted by Crippen LogP contribution is 2.51. The van der Waals surface area contributed by atoms with Gasteiger partial charge in [0.1, 0.15) is 150 Å². The number of aliphatic hydroxyl groups excluding tert-OH is 10. The number of rotatable bonds is 11. The average molecular weight is 1730 g/mol. The predicted octanol–water partition coefficient (Wildman–Crippen LogP) is -2.13. The number of phenolic OH excluding ortho intramolecular Hbond substituents is 4. The number of aromatic hydroxyl groups is 4. The van der Waals surface area contributed by atoms with E-state index in [4.69, 9.17) is 77.3 Å². The first-order valence-corrected chi connectivity index (χ1v) is 37.9. The minimum Gasteiger partial charge on any atom is -0.508 e. The van der Waals surface area contributed by atoms with Crippen LogP contribution in [0.2, 0.25) is 10.0 Å². The number of ether oxygens (including phenoxy) is 9. The van der Waals surface area contributed by atoms with Crippen LogP contribution in [0.25, 0.3) is 11.1 Å². The van der Waals surface area contributed by atoms with Crippen molar-refractivity contribution in [2.24, 2.45) is 11.5 Å². The Bertz CT molecular complexity index is 5240. The van der Waals surface area contributed by atoms with Crippen LogP contribution in [0.4, 0.5) is 0 Å². The van der Waals surface area contributed by atoms with E-state index < -0.39 is 299 Å². The van der Waals surface area contributed by atoms with Crippen LogP contribution in [-0.2, 0) is 63.7 Å². The van der Waals surface area contributed by atoms with E-state index >= 15 is 24.0 Å². The van der Waals surface area contributed by atoms with Crippen molar-refractivity contribution < 1.29 is 158 Å². The Morgan fingerprint density at radius 2 is 1.05 bits per heavy atom. The topological polar surface area (TPSA) is 659 Å². The lowest BCUT2D eigenvalue weighted by molar-refractivity contribution is -0.284. The summed E-state index contributed by atoms with van der Waals surface area (Å²) in [6, 6.07) is 0.910. The zero-order valence-corrected chi connectivity index (χ0v) is 64.1. The molecule has 3 fully saturated rings. The third-order valence-electron chi connectivity index (χ3n) is 21.2. The maximum atomic E-state index is 16.8. The van der Waals surface area contributed by atoms with Crippen molar-refractivity contribution in [3.8, 4) is 80.1 Å². The summed E-state index contributed by atoms with van der Waals surface area (Å²) in [5, 5.41) is 185. The van der Waals surface area contributed by atoms with Gasteiger partial charge in [0.25, 0.3) is 0 Å². The maximum Gasteiger partial charge on any atom is 0.330 e. The molecule has 3 saturated heterocycles. The molecule has 7 aromatic rings. The number of carboxylic acids is 1. The second-order valence-corrected chi connectivity index (χ2v) is 30.1. The molecule has 0 radical (unpaired) electrons. The van der Waals surface area contributed by atoms with E-state index in [2.05, 4.69) is 37.2 Å². The standard InChI is InChI=1S/C78H79Cl2N9O32/c1-25(93)83-58-64(102)61(99)49(23-91)118-77(58)120-67-29-5-9-43(38(80)15-29)115-47-18-31-17-46(68(47)121-76-53(82)63(101)60(98)48(22-90)117-76)114-42-8-2-26(10-37(42)79)11-39-69(105)85-55(30-12-32(94)19-34(13-30)113-44-16-27(3-7-41(44)97)52(81)70(106)84-39)72(108)87-56(31)73(109)86-54-28-4-6-40(96)35(14-28)51-36(57(75(111)112)88-74(110)59(67)89-71(54)107)20-33(95)21-45(51)116-78-66(104)65(103)62(100)50(24-92)119-78/h2-10,12-21,39,48-50,52-67,76-78,90-92,94-104H,11,22-24,81-82H2,1H3,(H,83,93)(H,84,106)(H,85,105)(H,86,109)(H,87,108)(H,88,110)(H,89,107)(H,111,112)/t39-,48-,49-,50-,52-,53-,54-,55+,56-,57+,58-,59+,60-,61-,62-,63-,64-,65+,66+,67-,76+,77+,78+/m1/s1. The van der Waals surface area contributed by atoms with Gasteiger partial charge in [-0.3, -0.25) is 33.6 Å². The van der Waals surface area contributed by atoms with Gasteiger partial charge < -0.3 is 168 Å². The Morgan fingerprint density at radius 3 is 1.69 bits per heavy atom. The highest BCUT2D eigenvalue weighted by atomic mass is 35.5. The SMILES string of the molecule is CC(=O)N[C@H]1[C@H](O[C@@H]2c3ccc(c(Cl)c3)Oc3cc4cc(c3O[C@@H]3O[C@H](CO)[C@@H](O)[C@H](O)[C@H]3N)Oc3ccc(cc3Cl)C[C@H]3NC(=O)[C@H](N)c5ccc(O)c(c5)Oc5cc(O)cc(c5)[C@H](NC3=O)C(=O)N[C@H]4C(=O)N[C@H]3C(=O)N[C@@H]2C(=O)N[C@H](C(=O)O)c2cc(O)cc(O[C@H]4O[C@H](CO)[C@@H](O)[C@H](O)[C@@H]4O)c2-c2cc3ccc2O)O[C@H](CO)[C@@H](O)[C@@H]1O. The Morgan fingerprint density at radius 1 is 0.496 bits per heavy atom. The Kier molecular flexibility index (Phi) is 24.7. The van der Waals surface area contributed by atoms with Crippen molar-refractivity contribution in [3.63, 3.8) is 0 Å². The smallest absolute Gasteiger partial charge is 0.330 e. The number of hydrogen-bond acceptors (Lipinski definition) is 33. The van der Waals surface area contributed by atoms with Crippen molar-refractivity contribution in [1.29, 1.82) is 0 Å². The molecule has 23 atom stereocenters. The molecule has 9 heterocycles. The quantitative estimate of drug-likeness (QED) is 0.0657. The number of hydrogen-bond donors (Lipinski definition) is 24. The Hall–Kier alpha value is -11.6. The zero-order valence-electron chi connectivity index (χ0n) is 62.6. The van der Waals surface area contributed by atoms with Gasteiger partial charge in [-0.15, -0.1) is 0 Å². The molecular weight excluding hydrogens is 1650 g/mol. The van der Waals surface area contributed by atoms with E-state index in [0.29, 0.717) is 0 Å². The monoisotopic (exact) mass is 1720 g/mol. The number of nitrogens with one attached hydrogen (secondary N) is 7. The van der Waals surface area contributed by atoms with Gasteiger partial charge in [-0.1, -0.05) is 47.5 Å². The van der Waals surface area contributed by atoms with Gasteiger partial charge in [-0.25, -0.2) is 4.79 Å². The zero-order chi connectivity index (χ0) is 86.8. The van der Waals surface area contributed by atoms with Gasteiger partial charge in [-0.05, 0) is 112 Å². The van der Waals surface area contributed by atoms with Gasteiger partial charge in [-0.2, -0.15) is 0 Å². The summed E-state index contributed by atoms with van der Waals surface area (Å²) < 4.78 is 56.4. The van der Waals surface area contributed by atoms with Gasteiger partial charge in [0, 0.05) is 42.2 Å². The lowest BCUT2D eigenvalue weighted by Gasteiger charge is -2.44. The molecule has 0 aliphatic carbocycles. The first kappa shape index (κ1) is 85.8. The lowest BCUT2D eigenvalue weighted by atomic mass is 9.89. The van der Waals surface area contributed by atoms with Gasteiger partial charge in [0.15, 0.2) is 35.3 Å². The molecule has 16 rings (SSSR count). The minimum atomic E-state index is -2.57. The molecule has 41 nitrogen and oxygen atoms in total. The fourth-order valence-electron chi connectivity index (χ4n) is 14.9. The van der Waals surface area contributed by atoms with Crippen molar-refractivity contribution in [2.75, 3.05) is 19.8 Å². The predicted molar refractivity (Wildman–Crippen MR) is 407 cm³/mol. The van der Waals surface area contributed by atoms with Crippen molar-refractivity contribution in [3.05, 3.63) is 164 Å². The summed E-state index contributed by atoms with van der Waals surface area (Å²) in [6.07, 6.45) is -28.6. The molecule has 43 heteroatoms. The summed E-state index contributed by atoms with van der Waals surface area (Å²) in [5.74, 6) is -18.6. The van der Waals surface area contributed by atoms with Gasteiger partial charge in [0.2, 0.25) is 59.7 Å². The van der Waals surface area contributed by atoms with E-state index in [1.165, 1.54) is 30.3 Å². The average Bonchev–Trinajstić information content (AvgIpc) is 0.745. The van der Waals surface area contributed by atoms with E-state index in [1.54, 1.807) is 0 Å². The number of phenols is 4. The number of halogens is 2. The first-order valence-electron chi connectivity index (χ1n) is 37.1. The van der Waals surface area contributed by atoms with Crippen LogP contribution in [0.3, 0.4) is 0 Å². The number of carbonyl (C=O) groups is 8. The minimum absolute atomic E-state index is 0.0346. The third kappa shape index (κ3) is 17.3. The van der Waals surface area contributed by atoms with Gasteiger partial charge >= 0.3 is 5.97 Å². The summed E-state index contributed by atoms with van der Waals surface area (Å²) in [5.41, 5.74) is 9.40. The molecule has 0 saturated carbocycles. The second kappa shape index (κ2) is 34.9. The van der Waals surface area contributed by atoms with Crippen LogP contribution in [0.15, 0.2) is 115 Å². The summed E-state index contributed by atoms with van der Waals surface area (Å²) >= 11 is 14.5. The van der Waals surface area contributed by atoms with Crippen molar-refractivity contribution in [1.82, 2.24) is 37.2 Å². The lowest BCUT2D eigenvalue weighted by Crippen LogP contribution is -2.65. The van der Waals surface area contributed by atoms with Crippen molar-refractivity contribution in [2.45, 2.75) is 154 Å². The number of fused-ring (bicyclic) bond motifs is 14. The largest absolute Gasteiger partial charge is 0.508 e. The third-order valence-corrected chi connectivity index (χ3v) is 21.8. The van der Waals surface area contributed by atoms with E-state index in [9.17, 15) is 91.0 Å². The molecule has 7 aromatic carbocycles. The number of aliphatic carboxylic acids is 1. The van der Waals surface area contributed by atoms with Crippen LogP contribution < -0.4 is 72.4 Å².